The minimum atomic E-state index is -0.319. The molecule has 0 spiro atoms. The molecule has 6 heteroatoms. The average Bonchev–Trinajstić information content (AvgIpc) is 2.32. The number of piperazine rings is 1. The van der Waals surface area contributed by atoms with E-state index in [0.29, 0.717) is 26.3 Å². The highest BCUT2D eigenvalue weighted by Gasteiger charge is 2.35. The minimum Gasteiger partial charge on any atom is -0.450 e. The SMILES string of the molecule is CCOC(=O)N1C[C@H](C)N(C(=O)OCC)C[C@H]1C. The first-order chi connectivity index (χ1) is 8.51. The summed E-state index contributed by atoms with van der Waals surface area (Å²) in [7, 11) is 0. The van der Waals surface area contributed by atoms with Crippen LogP contribution in [0.15, 0.2) is 0 Å². The molecule has 0 unspecified atom stereocenters. The summed E-state index contributed by atoms with van der Waals surface area (Å²) in [5, 5.41) is 0. The molecule has 0 radical (unpaired) electrons. The summed E-state index contributed by atoms with van der Waals surface area (Å²) < 4.78 is 9.99. The molecule has 1 saturated heterocycles. The van der Waals surface area contributed by atoms with E-state index >= 15 is 0 Å². The third-order valence-corrected chi connectivity index (χ3v) is 2.99. The second-order valence-corrected chi connectivity index (χ2v) is 4.40. The molecular formula is C12H22N2O4. The smallest absolute Gasteiger partial charge is 0.410 e. The van der Waals surface area contributed by atoms with E-state index in [9.17, 15) is 9.59 Å². The first kappa shape index (κ1) is 14.6. The van der Waals surface area contributed by atoms with Crippen molar-refractivity contribution in [3.63, 3.8) is 0 Å². The van der Waals surface area contributed by atoms with Gasteiger partial charge in [-0.3, -0.25) is 0 Å². The highest BCUT2D eigenvalue weighted by atomic mass is 16.6. The van der Waals surface area contributed by atoms with Gasteiger partial charge in [-0.2, -0.15) is 0 Å². The van der Waals surface area contributed by atoms with Crippen LogP contribution in [0.1, 0.15) is 27.7 Å². The van der Waals surface area contributed by atoms with E-state index in [-0.39, 0.29) is 24.3 Å². The average molecular weight is 258 g/mol. The van der Waals surface area contributed by atoms with E-state index in [1.807, 2.05) is 13.8 Å². The number of nitrogens with zero attached hydrogens (tertiary/aromatic N) is 2. The van der Waals surface area contributed by atoms with Gasteiger partial charge in [-0.15, -0.1) is 0 Å². The molecule has 1 rings (SSSR count). The Labute approximate surface area is 108 Å². The van der Waals surface area contributed by atoms with E-state index < -0.39 is 0 Å². The zero-order valence-corrected chi connectivity index (χ0v) is 11.5. The highest BCUT2D eigenvalue weighted by Crippen LogP contribution is 2.17. The summed E-state index contributed by atoms with van der Waals surface area (Å²) >= 11 is 0. The van der Waals surface area contributed by atoms with Gasteiger partial charge in [0.1, 0.15) is 0 Å². The molecule has 1 aliphatic heterocycles. The number of rotatable bonds is 2. The van der Waals surface area contributed by atoms with Crippen molar-refractivity contribution in [2.45, 2.75) is 39.8 Å². The summed E-state index contributed by atoms with van der Waals surface area (Å²) in [4.78, 5) is 26.8. The molecule has 0 aromatic carbocycles. The van der Waals surface area contributed by atoms with Gasteiger partial charge in [-0.05, 0) is 27.7 Å². The summed E-state index contributed by atoms with van der Waals surface area (Å²) in [6, 6.07) is -0.130. The van der Waals surface area contributed by atoms with Crippen molar-refractivity contribution in [3.8, 4) is 0 Å². The number of carbonyl (C=O) groups is 2. The Balaban J connectivity index is 2.64. The van der Waals surface area contributed by atoms with Crippen LogP contribution in [0.2, 0.25) is 0 Å². The van der Waals surface area contributed by atoms with Gasteiger partial charge in [-0.25, -0.2) is 9.59 Å². The van der Waals surface area contributed by atoms with Crippen LogP contribution in [-0.2, 0) is 9.47 Å². The van der Waals surface area contributed by atoms with Crippen molar-refractivity contribution in [1.82, 2.24) is 9.80 Å². The number of amides is 2. The van der Waals surface area contributed by atoms with E-state index in [4.69, 9.17) is 9.47 Å². The van der Waals surface area contributed by atoms with Crippen LogP contribution in [0.25, 0.3) is 0 Å². The van der Waals surface area contributed by atoms with Gasteiger partial charge in [0, 0.05) is 13.1 Å². The maximum Gasteiger partial charge on any atom is 0.410 e. The van der Waals surface area contributed by atoms with Gasteiger partial charge in [0.15, 0.2) is 0 Å². The van der Waals surface area contributed by atoms with E-state index in [0.717, 1.165) is 0 Å². The summed E-state index contributed by atoms with van der Waals surface area (Å²) in [5.74, 6) is 0. The Bertz CT molecular complexity index is 278. The quantitative estimate of drug-likeness (QED) is 0.756. The fourth-order valence-corrected chi connectivity index (χ4v) is 2.05. The normalized spacial score (nSPS) is 23.8. The van der Waals surface area contributed by atoms with E-state index in [1.165, 1.54) is 0 Å². The van der Waals surface area contributed by atoms with Crippen LogP contribution in [-0.4, -0.2) is 60.4 Å². The number of carbonyl (C=O) groups excluding carboxylic acids is 2. The highest BCUT2D eigenvalue weighted by molar-refractivity contribution is 5.71. The molecule has 0 aromatic rings. The van der Waals surface area contributed by atoms with Crippen molar-refractivity contribution in [1.29, 1.82) is 0 Å². The molecule has 2 atom stereocenters. The summed E-state index contributed by atoms with van der Waals surface area (Å²) in [5.41, 5.74) is 0. The molecule has 1 heterocycles. The maximum absolute atomic E-state index is 11.7. The Morgan fingerprint density at radius 2 is 1.28 bits per heavy atom. The molecule has 104 valence electrons. The largest absolute Gasteiger partial charge is 0.450 e. The Kier molecular flexibility index (Phi) is 5.25. The number of ether oxygens (including phenoxy) is 2. The lowest BCUT2D eigenvalue weighted by molar-refractivity contribution is 0.0227. The Morgan fingerprint density at radius 1 is 0.944 bits per heavy atom. The standard InChI is InChI=1S/C12H22N2O4/c1-5-17-11(15)13-7-10(4)14(8-9(13)3)12(16)18-6-2/h9-10H,5-8H2,1-4H3/t9-,10+. The van der Waals surface area contributed by atoms with Crippen LogP contribution < -0.4 is 0 Å². The molecule has 0 saturated carbocycles. The van der Waals surface area contributed by atoms with Crippen molar-refractivity contribution >= 4 is 12.2 Å². The third kappa shape index (κ3) is 3.27. The van der Waals surface area contributed by atoms with Crippen molar-refractivity contribution in [2.24, 2.45) is 0 Å². The molecule has 0 N–H and O–H groups in total. The number of hydrogen-bond donors (Lipinski definition) is 0. The monoisotopic (exact) mass is 258 g/mol. The molecule has 6 nitrogen and oxygen atoms in total. The molecule has 18 heavy (non-hydrogen) atoms. The molecule has 2 amide bonds. The summed E-state index contributed by atoms with van der Waals surface area (Å²) in [6.07, 6.45) is -0.638. The fourth-order valence-electron chi connectivity index (χ4n) is 2.05. The number of hydrogen-bond acceptors (Lipinski definition) is 4. The molecule has 0 bridgehead atoms. The van der Waals surface area contributed by atoms with Crippen molar-refractivity contribution < 1.29 is 19.1 Å². The van der Waals surface area contributed by atoms with Gasteiger partial charge in [0.2, 0.25) is 0 Å². The predicted octanol–water partition coefficient (Wildman–Crippen LogP) is 1.69. The summed E-state index contributed by atoms with van der Waals surface area (Å²) in [6.45, 7) is 9.01. The molecule has 0 aromatic heterocycles. The fraction of sp³-hybridized carbons (Fsp3) is 0.833. The first-order valence-electron chi connectivity index (χ1n) is 6.38. The third-order valence-electron chi connectivity index (χ3n) is 2.99. The molecule has 1 fully saturated rings. The second kappa shape index (κ2) is 6.47. The van der Waals surface area contributed by atoms with E-state index in [1.54, 1.807) is 23.6 Å². The Morgan fingerprint density at radius 3 is 1.56 bits per heavy atom. The van der Waals surface area contributed by atoms with Crippen LogP contribution in [0, 0.1) is 0 Å². The van der Waals surface area contributed by atoms with Crippen LogP contribution in [0.5, 0.6) is 0 Å². The Hall–Kier alpha value is -1.46. The van der Waals surface area contributed by atoms with Crippen LogP contribution >= 0.6 is 0 Å². The van der Waals surface area contributed by atoms with Gasteiger partial charge in [-0.1, -0.05) is 0 Å². The van der Waals surface area contributed by atoms with Crippen LogP contribution in [0.3, 0.4) is 0 Å². The van der Waals surface area contributed by atoms with Gasteiger partial charge in [0.05, 0.1) is 25.3 Å². The van der Waals surface area contributed by atoms with Crippen molar-refractivity contribution in [2.75, 3.05) is 26.3 Å². The van der Waals surface area contributed by atoms with Gasteiger partial charge < -0.3 is 19.3 Å². The topological polar surface area (TPSA) is 59.1 Å². The maximum atomic E-state index is 11.7. The van der Waals surface area contributed by atoms with Gasteiger partial charge in [0.25, 0.3) is 0 Å². The zero-order chi connectivity index (χ0) is 13.7. The molecule has 0 aliphatic carbocycles. The minimum absolute atomic E-state index is 0.0651. The molecular weight excluding hydrogens is 236 g/mol. The lowest BCUT2D eigenvalue weighted by atomic mass is 10.1. The second-order valence-electron chi connectivity index (χ2n) is 4.40. The van der Waals surface area contributed by atoms with Crippen LogP contribution in [0.4, 0.5) is 9.59 Å². The zero-order valence-electron chi connectivity index (χ0n) is 11.5. The van der Waals surface area contributed by atoms with Crippen molar-refractivity contribution in [3.05, 3.63) is 0 Å². The first-order valence-corrected chi connectivity index (χ1v) is 6.38. The molecule has 1 aliphatic rings. The van der Waals surface area contributed by atoms with Gasteiger partial charge >= 0.3 is 12.2 Å². The lowest BCUT2D eigenvalue weighted by Gasteiger charge is -2.42. The van der Waals surface area contributed by atoms with E-state index in [2.05, 4.69) is 0 Å². The lowest BCUT2D eigenvalue weighted by Crippen LogP contribution is -2.59. The predicted molar refractivity (Wildman–Crippen MR) is 66.4 cm³/mol.